The number of hydrogen-bond acceptors (Lipinski definition) is 6. The zero-order valence-electron chi connectivity index (χ0n) is 11.5. The number of carbonyl (C=O) groups is 3. The van der Waals surface area contributed by atoms with Crippen molar-refractivity contribution in [1.29, 1.82) is 0 Å². The molecule has 1 atom stereocenters. The highest BCUT2D eigenvalue weighted by Crippen LogP contribution is 2.24. The molecule has 1 fully saturated rings. The fraction of sp³-hybridized carbons (Fsp3) is 0.357. The van der Waals surface area contributed by atoms with Gasteiger partial charge in [0, 0.05) is 10.6 Å². The molecule has 1 saturated heterocycles. The van der Waals surface area contributed by atoms with E-state index in [4.69, 9.17) is 4.74 Å². The molecule has 21 heavy (non-hydrogen) atoms. The molecule has 0 aromatic heterocycles. The summed E-state index contributed by atoms with van der Waals surface area (Å²) >= 11 is 2.50. The maximum Gasteiger partial charge on any atom is 0.338 e. The second-order valence-electron chi connectivity index (χ2n) is 4.35. The highest BCUT2D eigenvalue weighted by molar-refractivity contribution is 8.14. The van der Waals surface area contributed by atoms with Gasteiger partial charge in [0.15, 0.2) is 0 Å². The SMILES string of the molecule is COC(=O)c1ccccc1SCC(=O)N[C@@H]1CCSC1=O. The standard InChI is InChI=1S/C14H15NO4S2/c1-19-13(17)9-4-2-3-5-11(9)21-8-12(16)15-10-6-7-20-14(10)18/h2-5,10H,6-8H2,1H3,(H,15,16)/t10-/m1/s1. The van der Waals surface area contributed by atoms with Crippen molar-refractivity contribution in [3.63, 3.8) is 0 Å². The second-order valence-corrected chi connectivity index (χ2v) is 6.47. The van der Waals surface area contributed by atoms with Gasteiger partial charge in [-0.3, -0.25) is 9.59 Å². The zero-order valence-corrected chi connectivity index (χ0v) is 13.1. The average molecular weight is 325 g/mol. The third-order valence-corrected chi connectivity index (χ3v) is 5.00. The Morgan fingerprint density at radius 2 is 2.19 bits per heavy atom. The van der Waals surface area contributed by atoms with Gasteiger partial charge in [-0.05, 0) is 18.6 Å². The molecule has 2 rings (SSSR count). The molecule has 1 N–H and O–H groups in total. The van der Waals surface area contributed by atoms with Crippen LogP contribution in [0, 0.1) is 0 Å². The van der Waals surface area contributed by atoms with Gasteiger partial charge in [0.25, 0.3) is 0 Å². The molecule has 1 aliphatic heterocycles. The minimum Gasteiger partial charge on any atom is -0.465 e. The minimum absolute atomic E-state index is 0.0170. The van der Waals surface area contributed by atoms with Crippen molar-refractivity contribution in [3.8, 4) is 0 Å². The Hall–Kier alpha value is -1.47. The molecule has 0 aliphatic carbocycles. The largest absolute Gasteiger partial charge is 0.465 e. The highest BCUT2D eigenvalue weighted by Gasteiger charge is 2.26. The van der Waals surface area contributed by atoms with Crippen LogP contribution in [0.2, 0.25) is 0 Å². The molecule has 112 valence electrons. The summed E-state index contributed by atoms with van der Waals surface area (Å²) in [5.74, 6) is 0.270. The Labute approximate surface area is 131 Å². The van der Waals surface area contributed by atoms with Crippen molar-refractivity contribution in [1.82, 2.24) is 5.32 Å². The molecule has 7 heteroatoms. The lowest BCUT2D eigenvalue weighted by Gasteiger charge is -2.11. The fourth-order valence-corrected chi connectivity index (χ4v) is 3.66. The van der Waals surface area contributed by atoms with Gasteiger partial charge in [-0.25, -0.2) is 4.79 Å². The van der Waals surface area contributed by atoms with Gasteiger partial charge >= 0.3 is 5.97 Å². The molecule has 1 aliphatic rings. The summed E-state index contributed by atoms with van der Waals surface area (Å²) in [4.78, 5) is 35.6. The molecule has 1 amide bonds. The van der Waals surface area contributed by atoms with Crippen LogP contribution in [0.15, 0.2) is 29.2 Å². The summed E-state index contributed by atoms with van der Waals surface area (Å²) in [6, 6.07) is 6.58. The third kappa shape index (κ3) is 4.25. The Morgan fingerprint density at radius 1 is 1.43 bits per heavy atom. The maximum atomic E-state index is 11.9. The zero-order chi connectivity index (χ0) is 15.2. The van der Waals surface area contributed by atoms with E-state index in [2.05, 4.69) is 5.32 Å². The number of hydrogen-bond donors (Lipinski definition) is 1. The molecule has 1 aromatic carbocycles. The van der Waals surface area contributed by atoms with Crippen LogP contribution in [0.1, 0.15) is 16.8 Å². The molecule has 0 spiro atoms. The summed E-state index contributed by atoms with van der Waals surface area (Å²) in [6.07, 6.45) is 0.679. The average Bonchev–Trinajstić information content (AvgIpc) is 2.90. The maximum absolute atomic E-state index is 11.9. The van der Waals surface area contributed by atoms with Crippen LogP contribution in [0.3, 0.4) is 0 Å². The van der Waals surface area contributed by atoms with E-state index in [-0.39, 0.29) is 22.8 Å². The van der Waals surface area contributed by atoms with Crippen molar-refractivity contribution in [2.45, 2.75) is 17.4 Å². The van der Waals surface area contributed by atoms with E-state index in [1.165, 1.54) is 30.6 Å². The van der Waals surface area contributed by atoms with E-state index in [1.54, 1.807) is 24.3 Å². The van der Waals surface area contributed by atoms with Gasteiger partial charge in [0.2, 0.25) is 11.0 Å². The number of esters is 1. The van der Waals surface area contributed by atoms with Crippen molar-refractivity contribution in [2.75, 3.05) is 18.6 Å². The molecular formula is C14H15NO4S2. The van der Waals surface area contributed by atoms with E-state index >= 15 is 0 Å². The van der Waals surface area contributed by atoms with E-state index in [9.17, 15) is 14.4 Å². The van der Waals surface area contributed by atoms with Crippen LogP contribution in [-0.4, -0.2) is 41.6 Å². The van der Waals surface area contributed by atoms with Gasteiger partial charge in [0.1, 0.15) is 0 Å². The van der Waals surface area contributed by atoms with Crippen LogP contribution >= 0.6 is 23.5 Å². The molecule has 0 bridgehead atoms. The Balaban J connectivity index is 1.92. The lowest BCUT2D eigenvalue weighted by molar-refractivity contribution is -0.122. The smallest absolute Gasteiger partial charge is 0.338 e. The van der Waals surface area contributed by atoms with E-state index < -0.39 is 5.97 Å². The number of thioether (sulfide) groups is 2. The first-order valence-electron chi connectivity index (χ1n) is 6.38. The first kappa shape index (κ1) is 15.9. The fourth-order valence-electron chi connectivity index (χ4n) is 1.88. The predicted molar refractivity (Wildman–Crippen MR) is 82.5 cm³/mol. The van der Waals surface area contributed by atoms with E-state index in [0.717, 1.165) is 5.75 Å². The molecule has 0 radical (unpaired) electrons. The third-order valence-electron chi connectivity index (χ3n) is 2.92. The van der Waals surface area contributed by atoms with Gasteiger partial charge in [-0.2, -0.15) is 0 Å². The molecule has 5 nitrogen and oxygen atoms in total. The number of amides is 1. The number of nitrogens with one attached hydrogen (secondary N) is 1. The van der Waals surface area contributed by atoms with E-state index in [0.29, 0.717) is 16.9 Å². The lowest BCUT2D eigenvalue weighted by Crippen LogP contribution is -2.38. The molecule has 1 aromatic rings. The van der Waals surface area contributed by atoms with Crippen molar-refractivity contribution in [2.24, 2.45) is 0 Å². The van der Waals surface area contributed by atoms with Gasteiger partial charge in [-0.1, -0.05) is 23.9 Å². The monoisotopic (exact) mass is 325 g/mol. The Kier molecular flexibility index (Phi) is 5.69. The van der Waals surface area contributed by atoms with Crippen LogP contribution in [0.5, 0.6) is 0 Å². The Morgan fingerprint density at radius 3 is 2.86 bits per heavy atom. The summed E-state index contributed by atoms with van der Waals surface area (Å²) in [5.41, 5.74) is 0.435. The number of carbonyl (C=O) groups excluding carboxylic acids is 3. The van der Waals surface area contributed by atoms with Crippen molar-refractivity contribution >= 4 is 40.5 Å². The van der Waals surface area contributed by atoms with Crippen LogP contribution < -0.4 is 5.32 Å². The topological polar surface area (TPSA) is 72.5 Å². The molecule has 0 unspecified atom stereocenters. The van der Waals surface area contributed by atoms with E-state index in [1.807, 2.05) is 0 Å². The quantitative estimate of drug-likeness (QED) is 0.656. The normalized spacial score (nSPS) is 17.6. The Bertz CT molecular complexity index is 562. The molecule has 0 saturated carbocycles. The van der Waals surface area contributed by atoms with Gasteiger partial charge < -0.3 is 10.1 Å². The molecular weight excluding hydrogens is 310 g/mol. The van der Waals surface area contributed by atoms with Crippen LogP contribution in [0.4, 0.5) is 0 Å². The van der Waals surface area contributed by atoms with Crippen molar-refractivity contribution in [3.05, 3.63) is 29.8 Å². The second kappa shape index (κ2) is 7.51. The van der Waals surface area contributed by atoms with Gasteiger partial charge in [0.05, 0.1) is 24.5 Å². The molecule has 1 heterocycles. The summed E-state index contributed by atoms with van der Waals surface area (Å²) in [5, 5.41) is 2.73. The summed E-state index contributed by atoms with van der Waals surface area (Å²) in [6.45, 7) is 0. The summed E-state index contributed by atoms with van der Waals surface area (Å²) in [7, 11) is 1.32. The predicted octanol–water partition coefficient (Wildman–Crippen LogP) is 1.71. The van der Waals surface area contributed by atoms with Gasteiger partial charge in [-0.15, -0.1) is 11.8 Å². The van der Waals surface area contributed by atoms with Crippen LogP contribution in [-0.2, 0) is 14.3 Å². The summed E-state index contributed by atoms with van der Waals surface area (Å²) < 4.78 is 4.71. The number of rotatable bonds is 5. The number of ether oxygens (including phenoxy) is 1. The number of benzene rings is 1. The first-order valence-corrected chi connectivity index (χ1v) is 8.35. The highest BCUT2D eigenvalue weighted by atomic mass is 32.2. The minimum atomic E-state index is -0.430. The van der Waals surface area contributed by atoms with Crippen molar-refractivity contribution < 1.29 is 19.1 Å². The lowest BCUT2D eigenvalue weighted by atomic mass is 10.2. The number of methoxy groups -OCH3 is 1. The first-order chi connectivity index (χ1) is 10.1. The van der Waals surface area contributed by atoms with Crippen LogP contribution in [0.25, 0.3) is 0 Å².